The van der Waals surface area contributed by atoms with Crippen molar-refractivity contribution in [3.63, 3.8) is 0 Å². The van der Waals surface area contributed by atoms with Gasteiger partial charge in [0.15, 0.2) is 11.5 Å². The lowest BCUT2D eigenvalue weighted by Gasteiger charge is -2.37. The number of phenols is 1. The molecule has 2 N–H and O–H groups in total. The van der Waals surface area contributed by atoms with Crippen molar-refractivity contribution in [2.75, 3.05) is 33.3 Å². The minimum Gasteiger partial charge on any atom is -0.504 e. The van der Waals surface area contributed by atoms with E-state index in [2.05, 4.69) is 40.0 Å². The Morgan fingerprint density at radius 2 is 2.00 bits per heavy atom. The minimum atomic E-state index is 0.205. The molecular formula is C16H25BrN2O2. The van der Waals surface area contributed by atoms with Gasteiger partial charge in [0.1, 0.15) is 0 Å². The van der Waals surface area contributed by atoms with Crippen molar-refractivity contribution >= 4 is 15.9 Å². The molecule has 0 bridgehead atoms. The number of phenolic OH excluding ortho intramolecular Hbond substituents is 1. The van der Waals surface area contributed by atoms with Crippen molar-refractivity contribution in [1.82, 2.24) is 10.2 Å². The molecule has 0 spiro atoms. The molecule has 5 heteroatoms. The van der Waals surface area contributed by atoms with Crippen LogP contribution in [-0.4, -0.2) is 43.3 Å². The van der Waals surface area contributed by atoms with Crippen molar-refractivity contribution in [2.45, 2.75) is 26.3 Å². The summed E-state index contributed by atoms with van der Waals surface area (Å²) in [5, 5.41) is 14.0. The first kappa shape index (κ1) is 16.6. The van der Waals surface area contributed by atoms with E-state index in [0.29, 0.717) is 11.7 Å². The number of hydrogen-bond donors (Lipinski definition) is 2. The van der Waals surface area contributed by atoms with Gasteiger partial charge in [0.05, 0.1) is 7.11 Å². The highest BCUT2D eigenvalue weighted by molar-refractivity contribution is 9.10. The molecule has 1 aromatic carbocycles. The summed E-state index contributed by atoms with van der Waals surface area (Å²) in [6.45, 7) is 8.44. The Kier molecular flexibility index (Phi) is 5.90. The van der Waals surface area contributed by atoms with Crippen LogP contribution in [0.3, 0.4) is 0 Å². The number of ether oxygens (including phenoxy) is 1. The molecule has 1 aliphatic rings. The van der Waals surface area contributed by atoms with Crippen molar-refractivity contribution in [3.8, 4) is 11.5 Å². The molecule has 0 saturated carbocycles. The molecule has 0 amide bonds. The summed E-state index contributed by atoms with van der Waals surface area (Å²) in [6, 6.07) is 3.97. The highest BCUT2D eigenvalue weighted by Crippen LogP contribution is 2.43. The number of nitrogens with one attached hydrogen (secondary N) is 1. The number of aromatic hydroxyl groups is 1. The first-order valence-corrected chi connectivity index (χ1v) is 8.34. The minimum absolute atomic E-state index is 0.205. The topological polar surface area (TPSA) is 44.7 Å². The fraction of sp³-hybridized carbons (Fsp3) is 0.625. The second kappa shape index (κ2) is 7.47. The van der Waals surface area contributed by atoms with E-state index in [1.165, 1.54) is 0 Å². The number of piperazine rings is 1. The Morgan fingerprint density at radius 3 is 2.57 bits per heavy atom. The maximum Gasteiger partial charge on any atom is 0.163 e. The first-order chi connectivity index (χ1) is 10.0. The maximum absolute atomic E-state index is 10.6. The lowest BCUT2D eigenvalue weighted by Crippen LogP contribution is -2.45. The van der Waals surface area contributed by atoms with Crippen LogP contribution in [-0.2, 0) is 0 Å². The predicted octanol–water partition coefficient (Wildman–Crippen LogP) is 3.16. The Labute approximate surface area is 135 Å². The number of benzene rings is 1. The van der Waals surface area contributed by atoms with Gasteiger partial charge in [-0.1, -0.05) is 29.8 Å². The zero-order valence-corrected chi connectivity index (χ0v) is 14.6. The summed E-state index contributed by atoms with van der Waals surface area (Å²) in [4.78, 5) is 2.45. The van der Waals surface area contributed by atoms with Crippen molar-refractivity contribution in [1.29, 1.82) is 0 Å². The average Bonchev–Trinajstić information content (AvgIpc) is 2.47. The summed E-state index contributed by atoms with van der Waals surface area (Å²) >= 11 is 3.61. The van der Waals surface area contributed by atoms with Gasteiger partial charge in [0.25, 0.3) is 0 Å². The third-order valence-corrected chi connectivity index (χ3v) is 4.66. The van der Waals surface area contributed by atoms with Gasteiger partial charge in [-0.05, 0) is 24.5 Å². The number of nitrogens with zero attached hydrogens (tertiary/aromatic N) is 1. The van der Waals surface area contributed by atoms with E-state index in [-0.39, 0.29) is 11.8 Å². The van der Waals surface area contributed by atoms with Crippen LogP contribution in [0.1, 0.15) is 31.9 Å². The van der Waals surface area contributed by atoms with E-state index >= 15 is 0 Å². The lowest BCUT2D eigenvalue weighted by molar-refractivity contribution is 0.150. The molecule has 1 saturated heterocycles. The highest BCUT2D eigenvalue weighted by atomic mass is 79.9. The van der Waals surface area contributed by atoms with E-state index in [1.54, 1.807) is 13.2 Å². The molecule has 1 aliphatic heterocycles. The normalized spacial score (nSPS) is 18.0. The van der Waals surface area contributed by atoms with E-state index in [0.717, 1.165) is 42.6 Å². The third-order valence-electron chi connectivity index (χ3n) is 3.97. The number of rotatable bonds is 5. The highest BCUT2D eigenvalue weighted by Gasteiger charge is 2.28. The maximum atomic E-state index is 10.6. The molecule has 2 rings (SSSR count). The fourth-order valence-corrected chi connectivity index (χ4v) is 3.52. The molecular weight excluding hydrogens is 332 g/mol. The third kappa shape index (κ3) is 3.90. The largest absolute Gasteiger partial charge is 0.504 e. The monoisotopic (exact) mass is 356 g/mol. The van der Waals surface area contributed by atoms with E-state index < -0.39 is 0 Å². The summed E-state index contributed by atoms with van der Waals surface area (Å²) in [6.07, 6.45) is 1.01. The quantitative estimate of drug-likeness (QED) is 0.850. The van der Waals surface area contributed by atoms with Crippen molar-refractivity contribution < 1.29 is 9.84 Å². The SMILES string of the molecule is COc1ccc(Br)c([C@@H](CC(C)C)N2CCNCC2)c1O. The van der Waals surface area contributed by atoms with Gasteiger partial charge in [-0.25, -0.2) is 0 Å². The second-order valence-corrected chi connectivity index (χ2v) is 6.80. The standard InChI is InChI=1S/C16H25BrN2O2/c1-11(2)10-13(19-8-6-18-7-9-19)15-12(17)4-5-14(21-3)16(15)20/h4-5,11,13,18,20H,6-10H2,1-3H3/t13-/m1/s1. The van der Waals surface area contributed by atoms with Crippen LogP contribution in [0.5, 0.6) is 11.5 Å². The summed E-state index contributed by atoms with van der Waals surface area (Å²) in [5.41, 5.74) is 0.949. The van der Waals surface area contributed by atoms with Crippen LogP contribution in [0.25, 0.3) is 0 Å². The number of hydrogen-bond acceptors (Lipinski definition) is 4. The van der Waals surface area contributed by atoms with Gasteiger partial charge in [-0.3, -0.25) is 4.90 Å². The lowest BCUT2D eigenvalue weighted by atomic mass is 9.94. The summed E-state index contributed by atoms with van der Waals surface area (Å²) in [7, 11) is 1.59. The summed E-state index contributed by atoms with van der Waals surface area (Å²) in [5.74, 6) is 1.36. The smallest absolute Gasteiger partial charge is 0.163 e. The molecule has 0 radical (unpaired) electrons. The number of halogens is 1. The molecule has 1 heterocycles. The van der Waals surface area contributed by atoms with Crippen LogP contribution in [0.15, 0.2) is 16.6 Å². The van der Waals surface area contributed by atoms with Crippen molar-refractivity contribution in [3.05, 3.63) is 22.2 Å². The van der Waals surface area contributed by atoms with Crippen molar-refractivity contribution in [2.24, 2.45) is 5.92 Å². The molecule has 0 unspecified atom stereocenters. The number of methoxy groups -OCH3 is 1. The molecule has 21 heavy (non-hydrogen) atoms. The van der Waals surface area contributed by atoms with Gasteiger partial charge < -0.3 is 15.2 Å². The molecule has 1 atom stereocenters. The van der Waals surface area contributed by atoms with Gasteiger partial charge in [0, 0.05) is 42.3 Å². The zero-order chi connectivity index (χ0) is 15.4. The Hall–Kier alpha value is -0.780. The zero-order valence-electron chi connectivity index (χ0n) is 13.0. The van der Waals surface area contributed by atoms with Crippen LogP contribution in [0.4, 0.5) is 0 Å². The Morgan fingerprint density at radius 1 is 1.33 bits per heavy atom. The van der Waals surface area contributed by atoms with Gasteiger partial charge in [-0.15, -0.1) is 0 Å². The molecule has 0 aromatic heterocycles. The molecule has 118 valence electrons. The Balaban J connectivity index is 2.39. The van der Waals surface area contributed by atoms with Crippen LogP contribution < -0.4 is 10.1 Å². The summed E-state index contributed by atoms with van der Waals surface area (Å²) < 4.78 is 6.23. The van der Waals surface area contributed by atoms with E-state index in [9.17, 15) is 5.11 Å². The van der Waals surface area contributed by atoms with E-state index in [1.807, 2.05) is 6.07 Å². The van der Waals surface area contributed by atoms with Gasteiger partial charge >= 0.3 is 0 Å². The fourth-order valence-electron chi connectivity index (χ4n) is 2.93. The van der Waals surface area contributed by atoms with E-state index in [4.69, 9.17) is 4.74 Å². The van der Waals surface area contributed by atoms with Crippen LogP contribution in [0.2, 0.25) is 0 Å². The van der Waals surface area contributed by atoms with Crippen LogP contribution >= 0.6 is 15.9 Å². The van der Waals surface area contributed by atoms with Gasteiger partial charge in [0.2, 0.25) is 0 Å². The average molecular weight is 357 g/mol. The van der Waals surface area contributed by atoms with Crippen LogP contribution in [0, 0.1) is 5.92 Å². The first-order valence-electron chi connectivity index (χ1n) is 7.54. The second-order valence-electron chi connectivity index (χ2n) is 5.94. The molecule has 0 aliphatic carbocycles. The molecule has 4 nitrogen and oxygen atoms in total. The molecule has 1 aromatic rings. The molecule has 1 fully saturated rings. The van der Waals surface area contributed by atoms with Gasteiger partial charge in [-0.2, -0.15) is 0 Å². The predicted molar refractivity (Wildman–Crippen MR) is 89.0 cm³/mol. The Bertz CT molecular complexity index is 474.